The number of anilines is 2. The number of aryl methyl sites for hydroxylation is 1. The van der Waals surface area contributed by atoms with Crippen LogP contribution < -0.4 is 10.6 Å². The van der Waals surface area contributed by atoms with Crippen LogP contribution >= 0.6 is 15.9 Å². The maximum absolute atomic E-state index is 9.75. The molecule has 2 rings (SSSR count). The fraction of sp³-hybridized carbons (Fsp3) is 0.250. The van der Waals surface area contributed by atoms with Crippen LogP contribution in [-0.2, 0) is 6.54 Å². The first kappa shape index (κ1) is 14.9. The van der Waals surface area contributed by atoms with Crippen LogP contribution in [0.3, 0.4) is 0 Å². The van der Waals surface area contributed by atoms with Gasteiger partial charge in [-0.05, 0) is 43.2 Å². The monoisotopic (exact) mass is 334 g/mol. The Morgan fingerprint density at radius 1 is 1.15 bits per heavy atom. The Hall–Kier alpha value is -1.52. The minimum Gasteiger partial charge on any atom is -0.508 e. The molecule has 0 saturated carbocycles. The van der Waals surface area contributed by atoms with Crippen molar-refractivity contribution < 1.29 is 5.11 Å². The summed E-state index contributed by atoms with van der Waals surface area (Å²) in [5.74, 6) is 0.272. The van der Waals surface area contributed by atoms with Crippen LogP contribution in [0.25, 0.3) is 0 Å². The Bertz CT molecular complexity index is 613. The van der Waals surface area contributed by atoms with Crippen LogP contribution in [0.1, 0.15) is 18.1 Å². The number of nitrogens with zero attached hydrogens (tertiary/aromatic N) is 1. The fourth-order valence-corrected chi connectivity index (χ4v) is 2.67. The molecule has 3 nitrogen and oxygen atoms in total. The highest BCUT2D eigenvalue weighted by molar-refractivity contribution is 9.10. The van der Waals surface area contributed by atoms with E-state index in [1.54, 1.807) is 12.1 Å². The molecule has 4 heteroatoms. The summed E-state index contributed by atoms with van der Waals surface area (Å²) in [6.45, 7) is 5.41. The van der Waals surface area contributed by atoms with Crippen molar-refractivity contribution in [1.29, 1.82) is 0 Å². The highest BCUT2D eigenvalue weighted by Crippen LogP contribution is 2.34. The van der Waals surface area contributed by atoms with E-state index in [4.69, 9.17) is 5.73 Å². The molecule has 20 heavy (non-hydrogen) atoms. The molecular formula is C16H19BrN2O. The van der Waals surface area contributed by atoms with E-state index in [2.05, 4.69) is 33.8 Å². The first-order valence-electron chi connectivity index (χ1n) is 6.62. The second kappa shape index (κ2) is 6.29. The molecule has 0 saturated heterocycles. The summed E-state index contributed by atoms with van der Waals surface area (Å²) < 4.78 is 1.01. The number of halogens is 1. The number of aromatic hydroxyl groups is 1. The van der Waals surface area contributed by atoms with Gasteiger partial charge in [0.05, 0.1) is 0 Å². The first-order chi connectivity index (χ1) is 9.56. The Balaban J connectivity index is 2.57. The van der Waals surface area contributed by atoms with Gasteiger partial charge in [-0.3, -0.25) is 0 Å². The lowest BCUT2D eigenvalue weighted by Crippen LogP contribution is -2.19. The number of phenols is 1. The van der Waals surface area contributed by atoms with Gasteiger partial charge in [0.1, 0.15) is 5.75 Å². The molecule has 0 aliphatic rings. The van der Waals surface area contributed by atoms with Gasteiger partial charge in [0.25, 0.3) is 0 Å². The average Bonchev–Trinajstić information content (AvgIpc) is 2.44. The molecule has 0 amide bonds. The third kappa shape index (κ3) is 2.97. The maximum atomic E-state index is 9.75. The molecule has 106 valence electrons. The van der Waals surface area contributed by atoms with E-state index in [1.807, 2.05) is 25.1 Å². The average molecular weight is 335 g/mol. The molecule has 0 aromatic heterocycles. The van der Waals surface area contributed by atoms with Crippen LogP contribution in [-0.4, -0.2) is 11.7 Å². The second-order valence-corrected chi connectivity index (χ2v) is 5.61. The largest absolute Gasteiger partial charge is 0.508 e. The van der Waals surface area contributed by atoms with E-state index >= 15 is 0 Å². The number of benzene rings is 2. The van der Waals surface area contributed by atoms with Gasteiger partial charge < -0.3 is 15.7 Å². The van der Waals surface area contributed by atoms with Crippen molar-refractivity contribution in [1.82, 2.24) is 0 Å². The van der Waals surface area contributed by atoms with E-state index < -0.39 is 0 Å². The molecule has 0 bridgehead atoms. The molecule has 3 N–H and O–H groups in total. The molecular weight excluding hydrogens is 316 g/mol. The standard InChI is InChI=1S/C16H19BrN2O/c1-3-19(15-9-14(20)7-4-11(15)2)16-8-13(17)6-5-12(16)10-18/h4-9,20H,3,10,18H2,1-2H3. The van der Waals surface area contributed by atoms with Crippen LogP contribution in [0, 0.1) is 6.92 Å². The molecule has 0 aliphatic heterocycles. The van der Waals surface area contributed by atoms with Gasteiger partial charge in [-0.15, -0.1) is 0 Å². The summed E-state index contributed by atoms with van der Waals surface area (Å²) >= 11 is 3.51. The smallest absolute Gasteiger partial charge is 0.117 e. The quantitative estimate of drug-likeness (QED) is 0.885. The molecule has 2 aromatic carbocycles. The van der Waals surface area contributed by atoms with Crippen molar-refractivity contribution in [3.05, 3.63) is 52.0 Å². The first-order valence-corrected chi connectivity index (χ1v) is 7.41. The highest BCUT2D eigenvalue weighted by Gasteiger charge is 2.14. The van der Waals surface area contributed by atoms with E-state index in [0.29, 0.717) is 6.54 Å². The number of hydrogen-bond acceptors (Lipinski definition) is 3. The van der Waals surface area contributed by atoms with E-state index in [9.17, 15) is 5.11 Å². The Kier molecular flexibility index (Phi) is 4.68. The van der Waals surface area contributed by atoms with Crippen molar-refractivity contribution in [2.45, 2.75) is 20.4 Å². The zero-order valence-electron chi connectivity index (χ0n) is 11.7. The minimum atomic E-state index is 0.272. The van der Waals surface area contributed by atoms with Gasteiger partial charge in [0.2, 0.25) is 0 Å². The lowest BCUT2D eigenvalue weighted by atomic mass is 10.1. The van der Waals surface area contributed by atoms with Gasteiger partial charge in [0.15, 0.2) is 0 Å². The van der Waals surface area contributed by atoms with Crippen molar-refractivity contribution in [3.8, 4) is 5.75 Å². The van der Waals surface area contributed by atoms with Crippen LogP contribution in [0.4, 0.5) is 11.4 Å². The van der Waals surface area contributed by atoms with Gasteiger partial charge in [-0.2, -0.15) is 0 Å². The Labute approximate surface area is 128 Å². The summed E-state index contributed by atoms with van der Waals surface area (Å²) in [6.07, 6.45) is 0. The number of rotatable bonds is 4. The van der Waals surface area contributed by atoms with Crippen molar-refractivity contribution >= 4 is 27.3 Å². The summed E-state index contributed by atoms with van der Waals surface area (Å²) in [6, 6.07) is 11.5. The molecule has 0 radical (unpaired) electrons. The van der Waals surface area contributed by atoms with Crippen molar-refractivity contribution in [2.24, 2.45) is 5.73 Å². The number of nitrogens with two attached hydrogens (primary N) is 1. The zero-order valence-corrected chi connectivity index (χ0v) is 13.3. The lowest BCUT2D eigenvalue weighted by molar-refractivity contribution is 0.475. The summed E-state index contributed by atoms with van der Waals surface area (Å²) in [4.78, 5) is 2.17. The maximum Gasteiger partial charge on any atom is 0.117 e. The van der Waals surface area contributed by atoms with E-state index in [-0.39, 0.29) is 5.75 Å². The molecule has 0 atom stereocenters. The van der Waals surface area contributed by atoms with E-state index in [1.165, 1.54) is 0 Å². The molecule has 2 aromatic rings. The fourth-order valence-electron chi connectivity index (χ4n) is 2.32. The molecule has 0 spiro atoms. The predicted molar refractivity (Wildman–Crippen MR) is 87.6 cm³/mol. The zero-order chi connectivity index (χ0) is 14.7. The van der Waals surface area contributed by atoms with Gasteiger partial charge >= 0.3 is 0 Å². The van der Waals surface area contributed by atoms with Gasteiger partial charge in [0, 0.05) is 35.0 Å². The Morgan fingerprint density at radius 2 is 1.90 bits per heavy atom. The SMILES string of the molecule is CCN(c1cc(O)ccc1C)c1cc(Br)ccc1CN. The second-order valence-electron chi connectivity index (χ2n) is 4.69. The third-order valence-electron chi connectivity index (χ3n) is 3.36. The summed E-state index contributed by atoms with van der Waals surface area (Å²) in [7, 11) is 0. The van der Waals surface area contributed by atoms with Gasteiger partial charge in [-0.25, -0.2) is 0 Å². The predicted octanol–water partition coefficient (Wildman–Crippen LogP) is 4.08. The lowest BCUT2D eigenvalue weighted by Gasteiger charge is -2.27. The highest BCUT2D eigenvalue weighted by atomic mass is 79.9. The molecule has 0 unspecified atom stereocenters. The summed E-state index contributed by atoms with van der Waals surface area (Å²) in [5, 5.41) is 9.75. The van der Waals surface area contributed by atoms with Crippen molar-refractivity contribution in [3.63, 3.8) is 0 Å². The summed E-state index contributed by atoms with van der Waals surface area (Å²) in [5.41, 5.74) is 10.1. The van der Waals surface area contributed by atoms with Crippen molar-refractivity contribution in [2.75, 3.05) is 11.4 Å². The minimum absolute atomic E-state index is 0.272. The normalized spacial score (nSPS) is 10.6. The van der Waals surface area contributed by atoms with E-state index in [0.717, 1.165) is 33.5 Å². The van der Waals surface area contributed by atoms with Crippen LogP contribution in [0.15, 0.2) is 40.9 Å². The van der Waals surface area contributed by atoms with Crippen LogP contribution in [0.2, 0.25) is 0 Å². The topological polar surface area (TPSA) is 49.5 Å². The molecule has 0 heterocycles. The molecule has 0 fully saturated rings. The number of phenolic OH excluding ortho intramolecular Hbond substituents is 1. The molecule has 0 aliphatic carbocycles. The Morgan fingerprint density at radius 3 is 2.55 bits per heavy atom. The third-order valence-corrected chi connectivity index (χ3v) is 3.85. The van der Waals surface area contributed by atoms with Crippen LogP contribution in [0.5, 0.6) is 5.75 Å². The number of hydrogen-bond donors (Lipinski definition) is 2. The van der Waals surface area contributed by atoms with Gasteiger partial charge in [-0.1, -0.05) is 28.1 Å².